The Balaban J connectivity index is 2.60. The zero-order chi connectivity index (χ0) is 14.3. The predicted octanol–water partition coefficient (Wildman–Crippen LogP) is 0.744. The molecular formula is C13H13NO5. The number of amides is 1. The Kier molecular flexibility index (Phi) is 5.28. The lowest BCUT2D eigenvalue weighted by atomic mass is 10.2. The largest absolute Gasteiger partial charge is 0.481 e. The summed E-state index contributed by atoms with van der Waals surface area (Å²) >= 11 is 0. The van der Waals surface area contributed by atoms with Crippen LogP contribution in [0.1, 0.15) is 12.0 Å². The van der Waals surface area contributed by atoms with Gasteiger partial charge in [0, 0.05) is 6.08 Å². The summed E-state index contributed by atoms with van der Waals surface area (Å²) in [5.74, 6) is -3.33. The van der Waals surface area contributed by atoms with E-state index in [4.69, 9.17) is 10.2 Å². The Morgan fingerprint density at radius 3 is 2.32 bits per heavy atom. The number of hydrogen-bond acceptors (Lipinski definition) is 3. The molecule has 0 unspecified atom stereocenters. The molecule has 0 saturated carbocycles. The summed E-state index contributed by atoms with van der Waals surface area (Å²) in [6, 6.07) is 7.52. The van der Waals surface area contributed by atoms with Crippen molar-refractivity contribution < 1.29 is 24.6 Å². The normalized spacial score (nSPS) is 12.0. The van der Waals surface area contributed by atoms with Gasteiger partial charge in [0.25, 0.3) is 0 Å². The molecule has 6 heteroatoms. The number of rotatable bonds is 6. The summed E-state index contributed by atoms with van der Waals surface area (Å²) in [6.45, 7) is 0. The van der Waals surface area contributed by atoms with Gasteiger partial charge in [0.2, 0.25) is 5.91 Å². The minimum absolute atomic E-state index is 0.655. The molecule has 0 aliphatic heterocycles. The molecule has 0 heterocycles. The van der Waals surface area contributed by atoms with Crippen molar-refractivity contribution in [3.63, 3.8) is 0 Å². The number of carboxylic acids is 2. The first-order valence-corrected chi connectivity index (χ1v) is 5.47. The fraction of sp³-hybridized carbons (Fsp3) is 0.154. The smallest absolute Gasteiger partial charge is 0.326 e. The van der Waals surface area contributed by atoms with Gasteiger partial charge in [-0.2, -0.15) is 0 Å². The summed E-state index contributed by atoms with van der Waals surface area (Å²) in [4.78, 5) is 32.6. The molecule has 0 radical (unpaired) electrons. The van der Waals surface area contributed by atoms with E-state index >= 15 is 0 Å². The quantitative estimate of drug-likeness (QED) is 0.657. The summed E-state index contributed by atoms with van der Waals surface area (Å²) in [7, 11) is 0. The van der Waals surface area contributed by atoms with Crippen LogP contribution in [0.15, 0.2) is 36.4 Å². The molecule has 6 nitrogen and oxygen atoms in total. The predicted molar refractivity (Wildman–Crippen MR) is 67.3 cm³/mol. The summed E-state index contributed by atoms with van der Waals surface area (Å²) in [6.07, 6.45) is 2.00. The number of nitrogens with one attached hydrogen (secondary N) is 1. The van der Waals surface area contributed by atoms with Gasteiger partial charge in [0.1, 0.15) is 6.04 Å². The molecule has 0 spiro atoms. The van der Waals surface area contributed by atoms with Gasteiger partial charge in [-0.15, -0.1) is 0 Å². The molecule has 0 fully saturated rings. The lowest BCUT2D eigenvalue weighted by molar-refractivity contribution is -0.146. The van der Waals surface area contributed by atoms with Crippen LogP contribution in [-0.2, 0) is 14.4 Å². The van der Waals surface area contributed by atoms with Crippen LogP contribution in [0.25, 0.3) is 6.08 Å². The SMILES string of the molecule is O=C(O)C[C@H](NC(=O)/C=C/c1ccccc1)C(=O)O. The topological polar surface area (TPSA) is 104 Å². The van der Waals surface area contributed by atoms with Gasteiger partial charge >= 0.3 is 11.9 Å². The number of benzene rings is 1. The highest BCUT2D eigenvalue weighted by Gasteiger charge is 2.21. The van der Waals surface area contributed by atoms with E-state index in [0.29, 0.717) is 0 Å². The standard InChI is InChI=1S/C13H13NO5/c15-11(7-6-9-4-2-1-3-5-9)14-10(13(18)19)8-12(16)17/h1-7,10H,8H2,(H,14,15)(H,16,17)(H,18,19)/b7-6+/t10-/m0/s1. The van der Waals surface area contributed by atoms with E-state index in [2.05, 4.69) is 5.32 Å². The van der Waals surface area contributed by atoms with Crippen LogP contribution in [0.3, 0.4) is 0 Å². The second kappa shape index (κ2) is 6.95. The third-order valence-electron chi connectivity index (χ3n) is 2.22. The van der Waals surface area contributed by atoms with Gasteiger partial charge in [0.05, 0.1) is 6.42 Å². The highest BCUT2D eigenvalue weighted by Crippen LogP contribution is 2.01. The van der Waals surface area contributed by atoms with Gasteiger partial charge in [-0.1, -0.05) is 30.3 Å². The molecule has 0 aliphatic rings. The van der Waals surface area contributed by atoms with Gasteiger partial charge in [-0.25, -0.2) is 4.79 Å². The molecule has 0 aromatic heterocycles. The molecule has 1 rings (SSSR count). The van der Waals surface area contributed by atoms with Crippen molar-refractivity contribution in [2.24, 2.45) is 0 Å². The second-order valence-electron chi connectivity index (χ2n) is 3.74. The molecule has 1 aromatic carbocycles. The number of carbonyl (C=O) groups excluding carboxylic acids is 1. The molecule has 100 valence electrons. The average Bonchev–Trinajstić information content (AvgIpc) is 2.36. The van der Waals surface area contributed by atoms with Crippen molar-refractivity contribution in [1.29, 1.82) is 0 Å². The van der Waals surface area contributed by atoms with Crippen molar-refractivity contribution in [2.45, 2.75) is 12.5 Å². The maximum atomic E-state index is 11.5. The Hall–Kier alpha value is -2.63. The molecule has 1 aromatic rings. The van der Waals surface area contributed by atoms with Gasteiger partial charge < -0.3 is 15.5 Å². The lowest BCUT2D eigenvalue weighted by Crippen LogP contribution is -2.41. The molecule has 1 amide bonds. The van der Waals surface area contributed by atoms with Crippen molar-refractivity contribution in [2.75, 3.05) is 0 Å². The maximum Gasteiger partial charge on any atom is 0.326 e. The molecule has 0 aliphatic carbocycles. The maximum absolute atomic E-state index is 11.5. The zero-order valence-electron chi connectivity index (χ0n) is 9.95. The van der Waals surface area contributed by atoms with Gasteiger partial charge in [-0.3, -0.25) is 9.59 Å². The fourth-order valence-corrected chi connectivity index (χ4v) is 1.33. The lowest BCUT2D eigenvalue weighted by Gasteiger charge is -2.10. The highest BCUT2D eigenvalue weighted by atomic mass is 16.4. The first-order chi connectivity index (χ1) is 8.99. The molecular weight excluding hydrogens is 250 g/mol. The first-order valence-electron chi connectivity index (χ1n) is 5.47. The van der Waals surface area contributed by atoms with E-state index in [0.717, 1.165) is 11.6 Å². The van der Waals surface area contributed by atoms with Crippen molar-refractivity contribution in [1.82, 2.24) is 5.32 Å². The number of aliphatic carboxylic acids is 2. The Bertz CT molecular complexity index is 495. The molecule has 0 bridgehead atoms. The highest BCUT2D eigenvalue weighted by molar-refractivity contribution is 5.95. The minimum atomic E-state index is -1.44. The van der Waals surface area contributed by atoms with E-state index in [9.17, 15) is 14.4 Å². The summed E-state index contributed by atoms with van der Waals surface area (Å²) < 4.78 is 0. The Labute approximate surface area is 109 Å². The van der Waals surface area contributed by atoms with Crippen molar-refractivity contribution in [3.05, 3.63) is 42.0 Å². The van der Waals surface area contributed by atoms with Crippen LogP contribution in [0.4, 0.5) is 0 Å². The number of carbonyl (C=O) groups is 3. The minimum Gasteiger partial charge on any atom is -0.481 e. The average molecular weight is 263 g/mol. The van der Waals surface area contributed by atoms with E-state index in [1.807, 2.05) is 6.07 Å². The Morgan fingerprint density at radius 1 is 1.16 bits per heavy atom. The third-order valence-corrected chi connectivity index (χ3v) is 2.22. The van der Waals surface area contributed by atoms with Crippen LogP contribution in [0.2, 0.25) is 0 Å². The van der Waals surface area contributed by atoms with Crippen LogP contribution >= 0.6 is 0 Å². The molecule has 0 saturated heterocycles. The molecule has 19 heavy (non-hydrogen) atoms. The van der Waals surface area contributed by atoms with Crippen LogP contribution in [0.5, 0.6) is 0 Å². The Morgan fingerprint density at radius 2 is 1.79 bits per heavy atom. The van der Waals surface area contributed by atoms with Gasteiger partial charge in [0.15, 0.2) is 0 Å². The molecule has 3 N–H and O–H groups in total. The summed E-state index contributed by atoms with van der Waals surface area (Å²) in [5.41, 5.74) is 0.780. The van der Waals surface area contributed by atoms with E-state index < -0.39 is 30.3 Å². The zero-order valence-corrected chi connectivity index (χ0v) is 9.95. The molecule has 1 atom stereocenters. The first kappa shape index (κ1) is 14.4. The van der Waals surface area contributed by atoms with Crippen LogP contribution in [-0.4, -0.2) is 34.1 Å². The van der Waals surface area contributed by atoms with Crippen molar-refractivity contribution in [3.8, 4) is 0 Å². The van der Waals surface area contributed by atoms with E-state index in [-0.39, 0.29) is 0 Å². The second-order valence-corrected chi connectivity index (χ2v) is 3.74. The van der Waals surface area contributed by atoms with Crippen LogP contribution < -0.4 is 5.32 Å². The summed E-state index contributed by atoms with van der Waals surface area (Å²) in [5, 5.41) is 19.4. The fourth-order valence-electron chi connectivity index (χ4n) is 1.33. The monoisotopic (exact) mass is 263 g/mol. The van der Waals surface area contributed by atoms with E-state index in [1.54, 1.807) is 24.3 Å². The van der Waals surface area contributed by atoms with E-state index in [1.165, 1.54) is 6.08 Å². The van der Waals surface area contributed by atoms with Crippen LogP contribution in [0, 0.1) is 0 Å². The number of hydrogen-bond donors (Lipinski definition) is 3. The van der Waals surface area contributed by atoms with Crippen molar-refractivity contribution >= 4 is 23.9 Å². The number of carboxylic acid groups (broad SMARTS) is 2. The third kappa shape index (κ3) is 5.49. The van der Waals surface area contributed by atoms with Gasteiger partial charge in [-0.05, 0) is 11.6 Å².